The molecule has 0 saturated heterocycles. The van der Waals surface area contributed by atoms with Gasteiger partial charge in [0, 0.05) is 38.0 Å². The number of aliphatic carboxylic acids is 1. The van der Waals surface area contributed by atoms with Crippen molar-refractivity contribution in [1.29, 1.82) is 0 Å². The van der Waals surface area contributed by atoms with E-state index in [1.165, 1.54) is 0 Å². The number of rotatable bonds is 5. The van der Waals surface area contributed by atoms with E-state index in [0.29, 0.717) is 36.6 Å². The van der Waals surface area contributed by atoms with Crippen LogP contribution in [0.1, 0.15) is 23.0 Å². The zero-order valence-corrected chi connectivity index (χ0v) is 13.6. The molecule has 0 saturated carbocycles. The summed E-state index contributed by atoms with van der Waals surface area (Å²) in [6.45, 7) is 1.04. The Hall–Kier alpha value is -2.67. The highest BCUT2D eigenvalue weighted by Gasteiger charge is 2.31. The summed E-state index contributed by atoms with van der Waals surface area (Å²) in [5.74, 6) is 0.207. The van der Waals surface area contributed by atoms with Gasteiger partial charge in [-0.25, -0.2) is 0 Å². The largest absolute Gasteiger partial charge is 0.497 e. The Kier molecular flexibility index (Phi) is 4.61. The van der Waals surface area contributed by atoms with Gasteiger partial charge in [-0.2, -0.15) is 0 Å². The van der Waals surface area contributed by atoms with Crippen LogP contribution in [0.25, 0.3) is 0 Å². The summed E-state index contributed by atoms with van der Waals surface area (Å²) in [5.41, 5.74) is 2.37. The molecule has 2 aromatic rings. The van der Waals surface area contributed by atoms with E-state index >= 15 is 0 Å². The van der Waals surface area contributed by atoms with Crippen molar-refractivity contribution < 1.29 is 19.4 Å². The number of carboxylic acid groups (broad SMARTS) is 1. The average molecular weight is 329 g/mol. The summed E-state index contributed by atoms with van der Waals surface area (Å²) >= 11 is 0. The first-order valence-electron chi connectivity index (χ1n) is 7.61. The molecule has 1 aromatic carbocycles. The lowest BCUT2D eigenvalue weighted by molar-refractivity contribution is -0.144. The molecule has 1 aromatic heterocycles. The van der Waals surface area contributed by atoms with Crippen molar-refractivity contribution in [2.24, 2.45) is 0 Å². The van der Waals surface area contributed by atoms with Crippen LogP contribution in [0.2, 0.25) is 0 Å². The number of hydrogen-bond acceptors (Lipinski definition) is 6. The van der Waals surface area contributed by atoms with Gasteiger partial charge < -0.3 is 14.6 Å². The molecule has 126 valence electrons. The molecule has 0 spiro atoms. The first-order valence-corrected chi connectivity index (χ1v) is 7.61. The number of ether oxygens (including phenoxy) is 2. The van der Waals surface area contributed by atoms with Crippen molar-refractivity contribution in [3.63, 3.8) is 0 Å². The SMILES string of the molecule is COc1cc(OC)cc(C(C(=O)O)N2CCc3nccnc3C2)c1. The highest BCUT2D eigenvalue weighted by Crippen LogP contribution is 2.32. The van der Waals surface area contributed by atoms with Crippen molar-refractivity contribution in [2.75, 3.05) is 20.8 Å². The second-order valence-corrected chi connectivity index (χ2v) is 5.56. The fourth-order valence-corrected chi connectivity index (χ4v) is 2.97. The Balaban J connectivity index is 1.95. The quantitative estimate of drug-likeness (QED) is 0.893. The Morgan fingerprint density at radius 3 is 2.33 bits per heavy atom. The third kappa shape index (κ3) is 3.16. The van der Waals surface area contributed by atoms with Crippen molar-refractivity contribution in [1.82, 2.24) is 14.9 Å². The van der Waals surface area contributed by atoms with Gasteiger partial charge in [0.05, 0.1) is 25.6 Å². The molecule has 2 heterocycles. The Morgan fingerprint density at radius 2 is 1.75 bits per heavy atom. The minimum Gasteiger partial charge on any atom is -0.497 e. The average Bonchev–Trinajstić information content (AvgIpc) is 2.61. The molecule has 1 unspecified atom stereocenters. The van der Waals surface area contributed by atoms with Crippen molar-refractivity contribution in [3.05, 3.63) is 47.5 Å². The molecule has 0 aliphatic carbocycles. The van der Waals surface area contributed by atoms with Crippen LogP contribution >= 0.6 is 0 Å². The van der Waals surface area contributed by atoms with Crippen LogP contribution in [0.15, 0.2) is 30.6 Å². The molecule has 0 radical (unpaired) electrons. The van der Waals surface area contributed by atoms with Gasteiger partial charge in [-0.3, -0.25) is 19.7 Å². The highest BCUT2D eigenvalue weighted by atomic mass is 16.5. The maximum Gasteiger partial charge on any atom is 0.325 e. The van der Waals surface area contributed by atoms with E-state index < -0.39 is 12.0 Å². The number of fused-ring (bicyclic) bond motifs is 1. The van der Waals surface area contributed by atoms with Gasteiger partial charge in [0.15, 0.2) is 0 Å². The number of aromatic nitrogens is 2. The molecule has 0 amide bonds. The molecular formula is C17H19N3O4. The van der Waals surface area contributed by atoms with Crippen LogP contribution in [-0.2, 0) is 17.8 Å². The molecule has 24 heavy (non-hydrogen) atoms. The fourth-order valence-electron chi connectivity index (χ4n) is 2.97. The van der Waals surface area contributed by atoms with E-state index in [1.807, 2.05) is 4.90 Å². The van der Waals surface area contributed by atoms with Crippen molar-refractivity contribution >= 4 is 5.97 Å². The normalized spacial score (nSPS) is 15.4. The van der Waals surface area contributed by atoms with Gasteiger partial charge in [0.25, 0.3) is 0 Å². The maximum absolute atomic E-state index is 12.0. The van der Waals surface area contributed by atoms with E-state index in [-0.39, 0.29) is 0 Å². The van der Waals surface area contributed by atoms with Gasteiger partial charge in [-0.1, -0.05) is 0 Å². The van der Waals surface area contributed by atoms with Crippen LogP contribution in [0.5, 0.6) is 11.5 Å². The minimum absolute atomic E-state index is 0.444. The fraction of sp³-hybridized carbons (Fsp3) is 0.353. The molecule has 1 aliphatic heterocycles. The summed E-state index contributed by atoms with van der Waals surface area (Å²) in [7, 11) is 3.09. The van der Waals surface area contributed by atoms with Gasteiger partial charge in [-0.15, -0.1) is 0 Å². The number of carbonyl (C=O) groups is 1. The molecular weight excluding hydrogens is 310 g/mol. The zero-order chi connectivity index (χ0) is 17.1. The monoisotopic (exact) mass is 329 g/mol. The molecule has 0 fully saturated rings. The number of methoxy groups -OCH3 is 2. The Morgan fingerprint density at radius 1 is 1.12 bits per heavy atom. The first kappa shape index (κ1) is 16.2. The Labute approximate surface area is 139 Å². The van der Waals surface area contributed by atoms with E-state index in [4.69, 9.17) is 9.47 Å². The molecule has 1 aliphatic rings. The van der Waals surface area contributed by atoms with Crippen LogP contribution in [0, 0.1) is 0 Å². The smallest absolute Gasteiger partial charge is 0.325 e. The van der Waals surface area contributed by atoms with Gasteiger partial charge in [0.1, 0.15) is 17.5 Å². The van der Waals surface area contributed by atoms with E-state index in [9.17, 15) is 9.90 Å². The molecule has 7 heteroatoms. The van der Waals surface area contributed by atoms with Gasteiger partial charge >= 0.3 is 5.97 Å². The molecule has 7 nitrogen and oxygen atoms in total. The second-order valence-electron chi connectivity index (χ2n) is 5.56. The minimum atomic E-state index is -0.919. The lowest BCUT2D eigenvalue weighted by Crippen LogP contribution is -2.38. The Bertz CT molecular complexity index is 728. The third-order valence-electron chi connectivity index (χ3n) is 4.14. The lowest BCUT2D eigenvalue weighted by Gasteiger charge is -2.32. The van der Waals surface area contributed by atoms with Crippen LogP contribution in [-0.4, -0.2) is 46.7 Å². The van der Waals surface area contributed by atoms with Crippen LogP contribution in [0.3, 0.4) is 0 Å². The summed E-state index contributed by atoms with van der Waals surface area (Å²) in [5, 5.41) is 9.79. The number of nitrogens with zero attached hydrogens (tertiary/aromatic N) is 3. The van der Waals surface area contributed by atoms with Gasteiger partial charge in [0.2, 0.25) is 0 Å². The topological polar surface area (TPSA) is 84.8 Å². The summed E-state index contributed by atoms with van der Waals surface area (Å²) in [4.78, 5) is 22.5. The van der Waals surface area contributed by atoms with Crippen molar-refractivity contribution in [2.45, 2.75) is 19.0 Å². The predicted molar refractivity (Wildman–Crippen MR) is 86.1 cm³/mol. The summed E-state index contributed by atoms with van der Waals surface area (Å²) < 4.78 is 10.5. The molecule has 1 atom stereocenters. The van der Waals surface area contributed by atoms with E-state index in [0.717, 1.165) is 11.4 Å². The second kappa shape index (κ2) is 6.84. The number of benzene rings is 1. The first-order chi connectivity index (χ1) is 11.6. The molecule has 0 bridgehead atoms. The van der Waals surface area contributed by atoms with Crippen molar-refractivity contribution in [3.8, 4) is 11.5 Å². The summed E-state index contributed by atoms with van der Waals surface area (Å²) in [6, 6.07) is 4.38. The summed E-state index contributed by atoms with van der Waals surface area (Å²) in [6.07, 6.45) is 3.97. The zero-order valence-electron chi connectivity index (χ0n) is 13.6. The molecule has 1 N–H and O–H groups in total. The lowest BCUT2D eigenvalue weighted by atomic mass is 10.0. The predicted octanol–water partition coefficient (Wildman–Crippen LogP) is 1.68. The maximum atomic E-state index is 12.0. The van der Waals surface area contributed by atoms with Gasteiger partial charge in [-0.05, 0) is 17.7 Å². The number of carboxylic acids is 1. The van der Waals surface area contributed by atoms with Crippen LogP contribution in [0.4, 0.5) is 0 Å². The van der Waals surface area contributed by atoms with Crippen LogP contribution < -0.4 is 9.47 Å². The van der Waals surface area contributed by atoms with E-state index in [1.54, 1.807) is 44.8 Å². The standard InChI is InChI=1S/C17H19N3O4/c1-23-12-7-11(8-13(9-12)24-2)16(17(21)22)20-6-3-14-15(10-20)19-5-4-18-14/h4-5,7-9,16H,3,6,10H2,1-2H3,(H,21,22). The molecule has 3 rings (SSSR count). The third-order valence-corrected chi connectivity index (χ3v) is 4.14. The van der Waals surface area contributed by atoms with E-state index in [2.05, 4.69) is 9.97 Å². The highest BCUT2D eigenvalue weighted by molar-refractivity contribution is 5.76. The number of hydrogen-bond donors (Lipinski definition) is 1.